The van der Waals surface area contributed by atoms with Crippen LogP contribution in [0.3, 0.4) is 0 Å². The molecule has 3 aromatic heterocycles. The average molecular weight is 574 g/mol. The Morgan fingerprint density at radius 3 is 1.44 bits per heavy atom. The zero-order chi connectivity index (χ0) is 29.5. The number of nitrogens with zero attached hydrogens (tertiary/aromatic N) is 3. The zero-order valence-electron chi connectivity index (χ0n) is 24.4. The van der Waals surface area contributed by atoms with Gasteiger partial charge in [0.2, 0.25) is 0 Å². The summed E-state index contributed by atoms with van der Waals surface area (Å²) in [5.41, 5.74) is 13.3. The number of hydrogen-bond acceptors (Lipinski definition) is 0. The Hall–Kier alpha value is -6.06. The Morgan fingerprint density at radius 1 is 0.267 bits per heavy atom. The van der Waals surface area contributed by atoms with Crippen LogP contribution in [0.1, 0.15) is 0 Å². The highest BCUT2D eigenvalue weighted by molar-refractivity contribution is 6.25. The lowest BCUT2D eigenvalue weighted by Crippen LogP contribution is -1.98. The van der Waals surface area contributed by atoms with Gasteiger partial charge in [-0.1, -0.05) is 91.0 Å². The average Bonchev–Trinajstić information content (AvgIpc) is 3.75. The molecule has 0 bridgehead atoms. The minimum atomic E-state index is 1.16. The van der Waals surface area contributed by atoms with Crippen LogP contribution in [-0.2, 0) is 0 Å². The summed E-state index contributed by atoms with van der Waals surface area (Å²) in [6.07, 6.45) is 0. The summed E-state index contributed by atoms with van der Waals surface area (Å²) in [7, 11) is 0. The standard InChI is InChI=1S/C42H27N3/c1-3-12-28(13-4-1)29-14-9-17-31(26-29)44-35-19-8-7-18-33(35)34-27-32(24-25-36(34)44)45-39-22-10-20-37-41(39)42-38(21-11-23-40(42)45)43(37)30-15-5-2-6-16-30/h1-27H. The van der Waals surface area contributed by atoms with Gasteiger partial charge in [0.25, 0.3) is 0 Å². The van der Waals surface area contributed by atoms with E-state index in [1.807, 2.05) is 0 Å². The van der Waals surface area contributed by atoms with Gasteiger partial charge in [-0.15, -0.1) is 0 Å². The number of aromatic nitrogens is 3. The van der Waals surface area contributed by atoms with Crippen LogP contribution < -0.4 is 0 Å². The maximum Gasteiger partial charge on any atom is 0.0563 e. The third-order valence-electron chi connectivity index (χ3n) is 9.39. The fourth-order valence-electron chi connectivity index (χ4n) is 7.54. The van der Waals surface area contributed by atoms with Gasteiger partial charge in [-0.3, -0.25) is 0 Å². The van der Waals surface area contributed by atoms with Crippen LogP contribution in [0, 0.1) is 0 Å². The predicted octanol–water partition coefficient (Wildman–Crippen LogP) is 10.9. The van der Waals surface area contributed by atoms with Gasteiger partial charge < -0.3 is 13.7 Å². The van der Waals surface area contributed by atoms with Crippen molar-refractivity contribution in [1.82, 2.24) is 13.7 Å². The second kappa shape index (κ2) is 9.22. The van der Waals surface area contributed by atoms with Crippen molar-refractivity contribution in [2.75, 3.05) is 0 Å². The van der Waals surface area contributed by atoms with E-state index in [1.165, 1.54) is 77.1 Å². The first kappa shape index (κ1) is 24.4. The molecule has 0 unspecified atom stereocenters. The Labute approximate surface area is 259 Å². The van der Waals surface area contributed by atoms with Gasteiger partial charge in [0.15, 0.2) is 0 Å². The number of fused-ring (bicyclic) bond motifs is 3. The van der Waals surface area contributed by atoms with Gasteiger partial charge in [-0.2, -0.15) is 0 Å². The summed E-state index contributed by atoms with van der Waals surface area (Å²) in [6.45, 7) is 0. The van der Waals surface area contributed by atoms with Crippen LogP contribution >= 0.6 is 0 Å². The summed E-state index contributed by atoms with van der Waals surface area (Å²) >= 11 is 0. The van der Waals surface area contributed by atoms with Crippen LogP contribution in [0.15, 0.2) is 164 Å². The maximum atomic E-state index is 2.45. The minimum absolute atomic E-state index is 1.16. The van der Waals surface area contributed by atoms with Gasteiger partial charge in [0.05, 0.1) is 33.1 Å². The molecule has 0 aliphatic carbocycles. The first-order valence-corrected chi connectivity index (χ1v) is 15.5. The van der Waals surface area contributed by atoms with Crippen molar-refractivity contribution in [3.8, 4) is 28.2 Å². The summed E-state index contributed by atoms with van der Waals surface area (Å²) in [5.74, 6) is 0. The van der Waals surface area contributed by atoms with E-state index in [0.29, 0.717) is 0 Å². The predicted molar refractivity (Wildman–Crippen MR) is 189 cm³/mol. The molecule has 0 atom stereocenters. The Morgan fingerprint density at radius 2 is 0.733 bits per heavy atom. The first-order valence-electron chi connectivity index (χ1n) is 15.5. The van der Waals surface area contributed by atoms with E-state index in [9.17, 15) is 0 Å². The number of para-hydroxylation sites is 2. The van der Waals surface area contributed by atoms with Crippen molar-refractivity contribution in [3.63, 3.8) is 0 Å². The fourth-order valence-corrected chi connectivity index (χ4v) is 7.54. The van der Waals surface area contributed by atoms with Crippen molar-refractivity contribution in [3.05, 3.63) is 164 Å². The molecule has 210 valence electrons. The highest BCUT2D eigenvalue weighted by atomic mass is 15.0. The fraction of sp³-hybridized carbons (Fsp3) is 0. The molecule has 0 fully saturated rings. The SMILES string of the molecule is c1ccc(-c2cccc(-n3c4ccccc4c4cc(-n5c6cccc7c6c6c(cccc65)n7-c5ccccc5)ccc43)c2)cc1. The van der Waals surface area contributed by atoms with Gasteiger partial charge in [0, 0.05) is 38.6 Å². The van der Waals surface area contributed by atoms with Gasteiger partial charge in [-0.05, 0) is 83.9 Å². The highest BCUT2D eigenvalue weighted by Gasteiger charge is 2.22. The van der Waals surface area contributed by atoms with Gasteiger partial charge >= 0.3 is 0 Å². The van der Waals surface area contributed by atoms with Gasteiger partial charge in [-0.25, -0.2) is 0 Å². The van der Waals surface area contributed by atoms with Crippen molar-refractivity contribution in [2.24, 2.45) is 0 Å². The smallest absolute Gasteiger partial charge is 0.0563 e. The molecule has 0 radical (unpaired) electrons. The van der Waals surface area contributed by atoms with E-state index < -0.39 is 0 Å². The normalized spacial score (nSPS) is 12.0. The molecule has 3 nitrogen and oxygen atoms in total. The lowest BCUT2D eigenvalue weighted by molar-refractivity contribution is 1.15. The molecule has 3 heterocycles. The molecule has 0 saturated heterocycles. The van der Waals surface area contributed by atoms with E-state index in [4.69, 9.17) is 0 Å². The second-order valence-corrected chi connectivity index (χ2v) is 11.8. The highest BCUT2D eigenvalue weighted by Crippen LogP contribution is 2.43. The second-order valence-electron chi connectivity index (χ2n) is 11.8. The van der Waals surface area contributed by atoms with Crippen LogP contribution in [-0.4, -0.2) is 13.7 Å². The molecule has 3 heteroatoms. The minimum Gasteiger partial charge on any atom is -0.309 e. The zero-order valence-corrected chi connectivity index (χ0v) is 24.4. The number of hydrogen-bond donors (Lipinski definition) is 0. The Bertz CT molecular complexity index is 2620. The maximum absolute atomic E-state index is 2.45. The molecule has 10 rings (SSSR count). The Balaban J connectivity index is 1.22. The van der Waals surface area contributed by atoms with Gasteiger partial charge in [0.1, 0.15) is 0 Å². The van der Waals surface area contributed by atoms with E-state index in [-0.39, 0.29) is 0 Å². The quantitative estimate of drug-likeness (QED) is 0.199. The third kappa shape index (κ3) is 3.41. The molecule has 7 aromatic carbocycles. The number of rotatable bonds is 4. The molecular formula is C42H27N3. The summed E-state index contributed by atoms with van der Waals surface area (Å²) in [6, 6.07) is 59.3. The first-order chi connectivity index (χ1) is 22.3. The molecule has 10 aromatic rings. The molecule has 0 aliphatic rings. The molecular weight excluding hydrogens is 546 g/mol. The van der Waals surface area contributed by atoms with E-state index in [0.717, 1.165) is 5.69 Å². The van der Waals surface area contributed by atoms with Crippen LogP contribution in [0.5, 0.6) is 0 Å². The molecule has 0 aliphatic heterocycles. The van der Waals surface area contributed by atoms with E-state index >= 15 is 0 Å². The lowest BCUT2D eigenvalue weighted by atomic mass is 10.1. The van der Waals surface area contributed by atoms with Crippen molar-refractivity contribution >= 4 is 54.6 Å². The van der Waals surface area contributed by atoms with Crippen molar-refractivity contribution in [2.45, 2.75) is 0 Å². The molecule has 0 spiro atoms. The summed E-state index contributed by atoms with van der Waals surface area (Å²) < 4.78 is 7.25. The summed E-state index contributed by atoms with van der Waals surface area (Å²) in [4.78, 5) is 0. The monoisotopic (exact) mass is 573 g/mol. The van der Waals surface area contributed by atoms with Crippen molar-refractivity contribution < 1.29 is 0 Å². The molecule has 0 amide bonds. The third-order valence-corrected chi connectivity index (χ3v) is 9.39. The lowest BCUT2D eigenvalue weighted by Gasteiger charge is -2.13. The van der Waals surface area contributed by atoms with E-state index in [1.54, 1.807) is 0 Å². The molecule has 0 saturated carbocycles. The molecule has 45 heavy (non-hydrogen) atoms. The van der Waals surface area contributed by atoms with E-state index in [2.05, 4.69) is 177 Å². The molecule has 0 N–H and O–H groups in total. The van der Waals surface area contributed by atoms with Crippen LogP contribution in [0.2, 0.25) is 0 Å². The largest absolute Gasteiger partial charge is 0.309 e. The summed E-state index contributed by atoms with van der Waals surface area (Å²) in [5, 5.41) is 5.13. The van der Waals surface area contributed by atoms with Crippen LogP contribution in [0.4, 0.5) is 0 Å². The van der Waals surface area contributed by atoms with Crippen molar-refractivity contribution in [1.29, 1.82) is 0 Å². The Kier molecular flexibility index (Phi) is 5.00. The topological polar surface area (TPSA) is 14.8 Å². The van der Waals surface area contributed by atoms with Crippen LogP contribution in [0.25, 0.3) is 82.8 Å². The number of benzene rings is 7.